The van der Waals surface area contributed by atoms with Crippen LogP contribution in [0.4, 0.5) is 4.39 Å². The highest BCUT2D eigenvalue weighted by Crippen LogP contribution is 2.17. The van der Waals surface area contributed by atoms with Crippen LogP contribution in [0.5, 0.6) is 0 Å². The number of aromatic nitrogens is 3. The van der Waals surface area contributed by atoms with Crippen molar-refractivity contribution in [2.75, 3.05) is 0 Å². The molecular weight excluding hydrogens is 233 g/mol. The van der Waals surface area contributed by atoms with E-state index in [-0.39, 0.29) is 5.82 Å². The first-order valence-electron chi connectivity index (χ1n) is 5.74. The maximum Gasteiger partial charge on any atom is 0.123 e. The molecule has 0 aliphatic carbocycles. The number of hydrogen-bond donors (Lipinski definition) is 1. The summed E-state index contributed by atoms with van der Waals surface area (Å²) in [6, 6.07) is 4.65. The molecule has 1 N–H and O–H groups in total. The SMILES string of the molecule is Cc1cc(F)ccc1Cn1cc(C(C)(C)O)nn1. The Bertz CT molecular complexity index is 558. The van der Waals surface area contributed by atoms with Gasteiger partial charge < -0.3 is 5.11 Å². The molecule has 0 saturated carbocycles. The molecule has 2 aromatic rings. The summed E-state index contributed by atoms with van der Waals surface area (Å²) in [5, 5.41) is 17.7. The molecular formula is C13H16FN3O. The van der Waals surface area contributed by atoms with Gasteiger partial charge in [0, 0.05) is 0 Å². The number of aliphatic hydroxyl groups is 1. The number of rotatable bonds is 3. The lowest BCUT2D eigenvalue weighted by Gasteiger charge is -2.11. The third-order valence-electron chi connectivity index (χ3n) is 2.80. The molecule has 4 nitrogen and oxygen atoms in total. The zero-order valence-corrected chi connectivity index (χ0v) is 10.7. The molecule has 0 bridgehead atoms. The van der Waals surface area contributed by atoms with Crippen LogP contribution in [0.25, 0.3) is 0 Å². The van der Waals surface area contributed by atoms with Crippen molar-refractivity contribution in [3.8, 4) is 0 Å². The van der Waals surface area contributed by atoms with Gasteiger partial charge >= 0.3 is 0 Å². The van der Waals surface area contributed by atoms with E-state index >= 15 is 0 Å². The average molecular weight is 249 g/mol. The standard InChI is InChI=1S/C13H16FN3O/c1-9-6-11(14)5-4-10(9)7-17-8-12(15-16-17)13(2,3)18/h4-6,8,18H,7H2,1-3H3. The summed E-state index contributed by atoms with van der Waals surface area (Å²) in [7, 11) is 0. The maximum atomic E-state index is 13.0. The average Bonchev–Trinajstić information content (AvgIpc) is 2.70. The highest BCUT2D eigenvalue weighted by molar-refractivity contribution is 5.26. The number of nitrogens with zero attached hydrogens (tertiary/aromatic N) is 3. The Hall–Kier alpha value is -1.75. The van der Waals surface area contributed by atoms with Crippen LogP contribution < -0.4 is 0 Å². The van der Waals surface area contributed by atoms with Gasteiger partial charge in [0.15, 0.2) is 0 Å². The van der Waals surface area contributed by atoms with E-state index in [9.17, 15) is 9.50 Å². The van der Waals surface area contributed by atoms with Crippen LogP contribution in [0.1, 0.15) is 30.7 Å². The van der Waals surface area contributed by atoms with Gasteiger partial charge in [-0.05, 0) is 44.0 Å². The van der Waals surface area contributed by atoms with Crippen molar-refractivity contribution in [2.24, 2.45) is 0 Å². The Morgan fingerprint density at radius 3 is 2.67 bits per heavy atom. The van der Waals surface area contributed by atoms with Crippen molar-refractivity contribution in [3.05, 3.63) is 47.0 Å². The fourth-order valence-corrected chi connectivity index (χ4v) is 1.67. The third-order valence-corrected chi connectivity index (χ3v) is 2.80. The predicted octanol–water partition coefficient (Wildman–Crippen LogP) is 2.00. The molecule has 0 unspecified atom stereocenters. The van der Waals surface area contributed by atoms with Crippen LogP contribution in [-0.4, -0.2) is 20.1 Å². The van der Waals surface area contributed by atoms with Crippen molar-refractivity contribution in [1.82, 2.24) is 15.0 Å². The van der Waals surface area contributed by atoms with E-state index in [2.05, 4.69) is 10.3 Å². The summed E-state index contributed by atoms with van der Waals surface area (Å²) in [5.74, 6) is -0.243. The number of hydrogen-bond acceptors (Lipinski definition) is 3. The molecule has 0 aliphatic rings. The van der Waals surface area contributed by atoms with Gasteiger partial charge in [0.05, 0.1) is 12.7 Å². The molecule has 18 heavy (non-hydrogen) atoms. The summed E-state index contributed by atoms with van der Waals surface area (Å²) >= 11 is 0. The summed E-state index contributed by atoms with van der Waals surface area (Å²) in [6.45, 7) is 5.68. The normalized spacial score (nSPS) is 11.8. The van der Waals surface area contributed by atoms with E-state index in [0.717, 1.165) is 11.1 Å². The summed E-state index contributed by atoms with van der Waals surface area (Å²) < 4.78 is 14.6. The maximum absolute atomic E-state index is 13.0. The first-order chi connectivity index (χ1) is 8.36. The van der Waals surface area contributed by atoms with Crippen LogP contribution in [0.15, 0.2) is 24.4 Å². The van der Waals surface area contributed by atoms with Crippen LogP contribution in [0.2, 0.25) is 0 Å². The molecule has 2 rings (SSSR count). The van der Waals surface area contributed by atoms with Crippen molar-refractivity contribution < 1.29 is 9.50 Å². The van der Waals surface area contributed by atoms with Gasteiger partial charge in [-0.25, -0.2) is 9.07 Å². The molecule has 5 heteroatoms. The zero-order chi connectivity index (χ0) is 13.3. The van der Waals surface area contributed by atoms with Gasteiger partial charge in [-0.2, -0.15) is 0 Å². The van der Waals surface area contributed by atoms with Gasteiger partial charge in [0.1, 0.15) is 17.1 Å². The largest absolute Gasteiger partial charge is 0.384 e. The second kappa shape index (κ2) is 4.49. The molecule has 0 radical (unpaired) electrons. The van der Waals surface area contributed by atoms with E-state index in [0.29, 0.717) is 12.2 Å². The van der Waals surface area contributed by atoms with Gasteiger partial charge in [0.25, 0.3) is 0 Å². The zero-order valence-electron chi connectivity index (χ0n) is 10.7. The van der Waals surface area contributed by atoms with Crippen molar-refractivity contribution in [3.63, 3.8) is 0 Å². The molecule has 1 heterocycles. The quantitative estimate of drug-likeness (QED) is 0.905. The summed E-state index contributed by atoms with van der Waals surface area (Å²) in [4.78, 5) is 0. The first-order valence-corrected chi connectivity index (χ1v) is 5.74. The van der Waals surface area contributed by atoms with Crippen molar-refractivity contribution >= 4 is 0 Å². The molecule has 1 aromatic carbocycles. The lowest BCUT2D eigenvalue weighted by molar-refractivity contribution is 0.0737. The van der Waals surface area contributed by atoms with E-state index in [1.54, 1.807) is 30.8 Å². The lowest BCUT2D eigenvalue weighted by Crippen LogP contribution is -2.15. The summed E-state index contributed by atoms with van der Waals surface area (Å²) in [5.41, 5.74) is 1.36. The van der Waals surface area contributed by atoms with E-state index in [4.69, 9.17) is 0 Å². The second-order valence-electron chi connectivity index (χ2n) is 4.93. The van der Waals surface area contributed by atoms with E-state index in [1.165, 1.54) is 12.1 Å². The number of benzene rings is 1. The Morgan fingerprint density at radius 1 is 1.39 bits per heavy atom. The van der Waals surface area contributed by atoms with Gasteiger partial charge in [-0.1, -0.05) is 11.3 Å². The fourth-order valence-electron chi connectivity index (χ4n) is 1.67. The highest BCUT2D eigenvalue weighted by Gasteiger charge is 2.20. The Morgan fingerprint density at radius 2 is 2.11 bits per heavy atom. The number of aryl methyl sites for hydroxylation is 1. The van der Waals surface area contributed by atoms with E-state index < -0.39 is 5.60 Å². The Kier molecular flexibility index (Phi) is 3.17. The summed E-state index contributed by atoms with van der Waals surface area (Å²) in [6.07, 6.45) is 1.70. The smallest absolute Gasteiger partial charge is 0.123 e. The molecule has 0 saturated heterocycles. The van der Waals surface area contributed by atoms with E-state index in [1.807, 2.05) is 6.92 Å². The molecule has 0 spiro atoms. The van der Waals surface area contributed by atoms with Crippen molar-refractivity contribution in [1.29, 1.82) is 0 Å². The molecule has 96 valence electrons. The monoisotopic (exact) mass is 249 g/mol. The van der Waals surface area contributed by atoms with Gasteiger partial charge in [-0.3, -0.25) is 0 Å². The number of halogens is 1. The fraction of sp³-hybridized carbons (Fsp3) is 0.385. The topological polar surface area (TPSA) is 50.9 Å². The molecule has 0 atom stereocenters. The Balaban J connectivity index is 2.21. The van der Waals surface area contributed by atoms with Crippen molar-refractivity contribution in [2.45, 2.75) is 32.9 Å². The minimum absolute atomic E-state index is 0.243. The lowest BCUT2D eigenvalue weighted by atomic mass is 10.1. The molecule has 1 aromatic heterocycles. The highest BCUT2D eigenvalue weighted by atomic mass is 19.1. The molecule has 0 fully saturated rings. The first kappa shape index (κ1) is 12.7. The predicted molar refractivity (Wildman–Crippen MR) is 65.5 cm³/mol. The molecule has 0 aliphatic heterocycles. The Labute approximate surface area is 105 Å². The minimum atomic E-state index is -1.00. The van der Waals surface area contributed by atoms with Gasteiger partial charge in [-0.15, -0.1) is 5.10 Å². The third kappa shape index (κ3) is 2.73. The van der Waals surface area contributed by atoms with Crippen LogP contribution in [0, 0.1) is 12.7 Å². The minimum Gasteiger partial charge on any atom is -0.384 e. The molecule has 0 amide bonds. The van der Waals surface area contributed by atoms with Crippen LogP contribution in [0.3, 0.4) is 0 Å². The second-order valence-corrected chi connectivity index (χ2v) is 4.93. The van der Waals surface area contributed by atoms with Crippen LogP contribution >= 0.6 is 0 Å². The van der Waals surface area contributed by atoms with Gasteiger partial charge in [0.2, 0.25) is 0 Å². The van der Waals surface area contributed by atoms with Crippen LogP contribution in [-0.2, 0) is 12.1 Å².